The lowest BCUT2D eigenvalue weighted by molar-refractivity contribution is 0.480. The Balaban J connectivity index is 2.14. The fourth-order valence-electron chi connectivity index (χ4n) is 1.93. The van der Waals surface area contributed by atoms with Crippen LogP contribution in [-0.4, -0.2) is 6.54 Å². The molecule has 0 fully saturated rings. The van der Waals surface area contributed by atoms with Crippen molar-refractivity contribution in [1.29, 1.82) is 5.26 Å². The first-order valence-corrected chi connectivity index (χ1v) is 7.28. The van der Waals surface area contributed by atoms with Gasteiger partial charge in [0.15, 0.2) is 0 Å². The van der Waals surface area contributed by atoms with Gasteiger partial charge in [-0.15, -0.1) is 0 Å². The summed E-state index contributed by atoms with van der Waals surface area (Å²) in [5, 5.41) is 13.0. The molecule has 0 bridgehead atoms. The minimum absolute atomic E-state index is 0.467. The molecule has 0 atom stereocenters. The van der Waals surface area contributed by atoms with Crippen molar-refractivity contribution in [1.82, 2.24) is 5.32 Å². The maximum atomic E-state index is 9.10. The minimum Gasteiger partial charge on any atom is -0.456 e. The van der Waals surface area contributed by atoms with Gasteiger partial charge < -0.3 is 10.1 Å². The van der Waals surface area contributed by atoms with E-state index in [2.05, 4.69) is 18.3 Å². The Labute approximate surface area is 130 Å². The standard InChI is InChI=1S/C17H17ClN2O/c1-2-8-20-12-13-4-3-5-16(9-13)21-17-10-15(18)7-6-14(17)11-19/h3-7,9-10,20H,2,8,12H2,1H3. The molecule has 0 unspecified atom stereocenters. The van der Waals surface area contributed by atoms with Crippen LogP contribution >= 0.6 is 11.6 Å². The Hall–Kier alpha value is -2.02. The van der Waals surface area contributed by atoms with Crippen molar-refractivity contribution < 1.29 is 4.74 Å². The molecule has 0 radical (unpaired) electrons. The van der Waals surface area contributed by atoms with Crippen LogP contribution in [0.4, 0.5) is 0 Å². The lowest BCUT2D eigenvalue weighted by Gasteiger charge is -2.10. The van der Waals surface area contributed by atoms with Crippen LogP contribution in [0.1, 0.15) is 24.5 Å². The average Bonchev–Trinajstić information content (AvgIpc) is 2.48. The predicted molar refractivity (Wildman–Crippen MR) is 84.7 cm³/mol. The molecule has 0 aliphatic carbocycles. The monoisotopic (exact) mass is 300 g/mol. The topological polar surface area (TPSA) is 45.0 Å². The largest absolute Gasteiger partial charge is 0.456 e. The molecule has 0 saturated heterocycles. The van der Waals surface area contributed by atoms with E-state index in [0.29, 0.717) is 22.1 Å². The molecule has 1 N–H and O–H groups in total. The van der Waals surface area contributed by atoms with Crippen molar-refractivity contribution in [3.63, 3.8) is 0 Å². The van der Waals surface area contributed by atoms with Crippen LogP contribution in [0.2, 0.25) is 5.02 Å². The SMILES string of the molecule is CCCNCc1cccc(Oc2cc(Cl)ccc2C#N)c1. The first-order chi connectivity index (χ1) is 10.2. The maximum Gasteiger partial charge on any atom is 0.146 e. The van der Waals surface area contributed by atoms with Gasteiger partial charge >= 0.3 is 0 Å². The third-order valence-corrected chi connectivity index (χ3v) is 3.18. The second-order valence-electron chi connectivity index (χ2n) is 4.68. The Morgan fingerprint density at radius 3 is 2.86 bits per heavy atom. The lowest BCUT2D eigenvalue weighted by atomic mass is 10.2. The van der Waals surface area contributed by atoms with Gasteiger partial charge in [-0.2, -0.15) is 5.26 Å². The summed E-state index contributed by atoms with van der Waals surface area (Å²) in [6.45, 7) is 3.92. The van der Waals surface area contributed by atoms with Crippen LogP contribution in [-0.2, 0) is 6.54 Å². The summed E-state index contributed by atoms with van der Waals surface area (Å²) < 4.78 is 5.79. The molecule has 3 nitrogen and oxygen atoms in total. The second kappa shape index (κ2) is 7.68. The number of halogens is 1. The quantitative estimate of drug-likeness (QED) is 0.799. The van der Waals surface area contributed by atoms with Crippen LogP contribution in [0.25, 0.3) is 0 Å². The normalized spacial score (nSPS) is 10.1. The third kappa shape index (κ3) is 4.49. The van der Waals surface area contributed by atoms with Crippen LogP contribution in [0, 0.1) is 11.3 Å². The molecule has 0 heterocycles. The summed E-state index contributed by atoms with van der Waals surface area (Å²) in [6, 6.07) is 14.9. The molecule has 0 spiro atoms. The zero-order valence-electron chi connectivity index (χ0n) is 11.9. The molecule has 108 valence electrons. The van der Waals surface area contributed by atoms with E-state index in [1.165, 1.54) is 0 Å². The summed E-state index contributed by atoms with van der Waals surface area (Å²) >= 11 is 5.96. The van der Waals surface area contributed by atoms with E-state index >= 15 is 0 Å². The molecular weight excluding hydrogens is 284 g/mol. The number of nitrogens with zero attached hydrogens (tertiary/aromatic N) is 1. The zero-order chi connectivity index (χ0) is 15.1. The van der Waals surface area contributed by atoms with Crippen LogP contribution in [0.15, 0.2) is 42.5 Å². The number of nitriles is 1. The number of nitrogens with one attached hydrogen (secondary N) is 1. The molecule has 2 aromatic carbocycles. The predicted octanol–water partition coefficient (Wildman–Crippen LogP) is 4.50. The number of hydrogen-bond acceptors (Lipinski definition) is 3. The Morgan fingerprint density at radius 1 is 1.24 bits per heavy atom. The van der Waals surface area contributed by atoms with Crippen LogP contribution < -0.4 is 10.1 Å². The van der Waals surface area contributed by atoms with E-state index in [1.54, 1.807) is 18.2 Å². The van der Waals surface area contributed by atoms with E-state index in [-0.39, 0.29) is 0 Å². The fraction of sp³-hybridized carbons (Fsp3) is 0.235. The second-order valence-corrected chi connectivity index (χ2v) is 5.11. The average molecular weight is 301 g/mol. The van der Waals surface area contributed by atoms with E-state index in [4.69, 9.17) is 21.6 Å². The molecule has 0 aliphatic rings. The maximum absolute atomic E-state index is 9.10. The van der Waals surface area contributed by atoms with E-state index in [1.807, 2.05) is 24.3 Å². The minimum atomic E-state index is 0.467. The highest BCUT2D eigenvalue weighted by atomic mass is 35.5. The van der Waals surface area contributed by atoms with Gasteiger partial charge in [-0.25, -0.2) is 0 Å². The van der Waals surface area contributed by atoms with Crippen molar-refractivity contribution in [3.8, 4) is 17.6 Å². The van der Waals surface area contributed by atoms with Crippen LogP contribution in [0.5, 0.6) is 11.5 Å². The van der Waals surface area contributed by atoms with Crippen molar-refractivity contribution >= 4 is 11.6 Å². The van der Waals surface area contributed by atoms with Gasteiger partial charge in [0.25, 0.3) is 0 Å². The van der Waals surface area contributed by atoms with E-state index in [0.717, 1.165) is 25.1 Å². The van der Waals surface area contributed by atoms with Gasteiger partial charge in [-0.05, 0) is 42.8 Å². The molecule has 0 aromatic heterocycles. The summed E-state index contributed by atoms with van der Waals surface area (Å²) in [6.07, 6.45) is 1.10. The summed E-state index contributed by atoms with van der Waals surface area (Å²) in [7, 11) is 0. The van der Waals surface area contributed by atoms with Gasteiger partial charge in [0, 0.05) is 17.6 Å². The number of benzene rings is 2. The summed E-state index contributed by atoms with van der Waals surface area (Å²) in [5.74, 6) is 1.17. The highest BCUT2D eigenvalue weighted by Gasteiger charge is 2.06. The summed E-state index contributed by atoms with van der Waals surface area (Å²) in [4.78, 5) is 0. The Bertz CT molecular complexity index is 649. The van der Waals surface area contributed by atoms with E-state index in [9.17, 15) is 0 Å². The number of rotatable bonds is 6. The van der Waals surface area contributed by atoms with E-state index < -0.39 is 0 Å². The van der Waals surface area contributed by atoms with Crippen LogP contribution in [0.3, 0.4) is 0 Å². The van der Waals surface area contributed by atoms with Crippen molar-refractivity contribution in [2.24, 2.45) is 0 Å². The van der Waals surface area contributed by atoms with Gasteiger partial charge in [0.1, 0.15) is 17.6 Å². The molecule has 21 heavy (non-hydrogen) atoms. The van der Waals surface area contributed by atoms with Gasteiger partial charge in [-0.1, -0.05) is 30.7 Å². The first-order valence-electron chi connectivity index (χ1n) is 6.90. The highest BCUT2D eigenvalue weighted by Crippen LogP contribution is 2.28. The zero-order valence-corrected chi connectivity index (χ0v) is 12.7. The molecule has 0 amide bonds. The Morgan fingerprint density at radius 2 is 2.10 bits per heavy atom. The molecule has 4 heteroatoms. The smallest absolute Gasteiger partial charge is 0.146 e. The van der Waals surface area contributed by atoms with Gasteiger partial charge in [0.05, 0.1) is 5.56 Å². The number of ether oxygens (including phenoxy) is 1. The van der Waals surface area contributed by atoms with Crippen molar-refractivity contribution in [2.45, 2.75) is 19.9 Å². The highest BCUT2D eigenvalue weighted by molar-refractivity contribution is 6.30. The molecule has 2 aromatic rings. The number of hydrogen-bond donors (Lipinski definition) is 1. The molecular formula is C17H17ClN2O. The van der Waals surface area contributed by atoms with Crippen molar-refractivity contribution in [3.05, 3.63) is 58.6 Å². The first kappa shape index (κ1) is 15.4. The van der Waals surface area contributed by atoms with Gasteiger partial charge in [-0.3, -0.25) is 0 Å². The molecule has 2 rings (SSSR count). The molecule has 0 saturated carbocycles. The van der Waals surface area contributed by atoms with Crippen molar-refractivity contribution in [2.75, 3.05) is 6.54 Å². The molecule has 0 aliphatic heterocycles. The third-order valence-electron chi connectivity index (χ3n) is 2.95. The lowest BCUT2D eigenvalue weighted by Crippen LogP contribution is -2.13. The Kier molecular flexibility index (Phi) is 5.62. The summed E-state index contributed by atoms with van der Waals surface area (Å²) in [5.41, 5.74) is 1.61. The van der Waals surface area contributed by atoms with Gasteiger partial charge in [0.2, 0.25) is 0 Å². The fourth-order valence-corrected chi connectivity index (χ4v) is 2.09.